The van der Waals surface area contributed by atoms with Gasteiger partial charge in [0.1, 0.15) is 17.5 Å². The topological polar surface area (TPSA) is 67.1 Å². The number of nitrogens with zero attached hydrogens (tertiary/aromatic N) is 3. The van der Waals surface area contributed by atoms with E-state index in [4.69, 9.17) is 5.84 Å². The highest BCUT2D eigenvalue weighted by atomic mass is 15.3. The first-order valence-corrected chi connectivity index (χ1v) is 6.39. The Morgan fingerprint density at radius 3 is 2.71 bits per heavy atom. The Morgan fingerprint density at radius 1 is 1.41 bits per heavy atom. The lowest BCUT2D eigenvalue weighted by atomic mass is 10.3. The smallest absolute Gasteiger partial charge is 0.145 e. The fourth-order valence-electron chi connectivity index (χ4n) is 1.92. The van der Waals surface area contributed by atoms with Crippen LogP contribution in [0.3, 0.4) is 0 Å². The summed E-state index contributed by atoms with van der Waals surface area (Å²) in [5, 5.41) is 0. The van der Waals surface area contributed by atoms with Crippen LogP contribution in [0.25, 0.3) is 0 Å². The SMILES string of the molecule is CCCN(CC)c1cc(NN)nc(C2CC2)n1. The molecule has 5 heteroatoms. The Kier molecular flexibility index (Phi) is 3.78. The van der Waals surface area contributed by atoms with Crippen molar-refractivity contribution < 1.29 is 0 Å². The number of hydrogen-bond acceptors (Lipinski definition) is 5. The van der Waals surface area contributed by atoms with Crippen LogP contribution in [0, 0.1) is 0 Å². The van der Waals surface area contributed by atoms with Gasteiger partial charge in [-0.05, 0) is 26.2 Å². The first-order chi connectivity index (χ1) is 8.28. The predicted molar refractivity (Wildman–Crippen MR) is 70.0 cm³/mol. The van der Waals surface area contributed by atoms with Crippen molar-refractivity contribution in [2.45, 2.75) is 39.0 Å². The van der Waals surface area contributed by atoms with Crippen molar-refractivity contribution in [1.82, 2.24) is 9.97 Å². The predicted octanol–water partition coefficient (Wildman–Crippen LogP) is 1.88. The van der Waals surface area contributed by atoms with Crippen molar-refractivity contribution >= 4 is 11.6 Å². The highest BCUT2D eigenvalue weighted by Crippen LogP contribution is 2.39. The Balaban J connectivity index is 2.27. The van der Waals surface area contributed by atoms with Gasteiger partial charge in [-0.1, -0.05) is 6.92 Å². The summed E-state index contributed by atoms with van der Waals surface area (Å²) in [5.74, 6) is 8.64. The number of anilines is 2. The molecule has 0 unspecified atom stereocenters. The standard InChI is InChI=1S/C12H21N5/c1-3-7-17(4-2)11-8-10(16-13)14-12(15-11)9-5-6-9/h8-9H,3-7,13H2,1-2H3,(H,14,15,16). The molecule has 1 aliphatic carbocycles. The van der Waals surface area contributed by atoms with Gasteiger partial charge in [0.25, 0.3) is 0 Å². The van der Waals surface area contributed by atoms with Gasteiger partial charge in [0.15, 0.2) is 0 Å². The fraction of sp³-hybridized carbons (Fsp3) is 0.667. The number of aromatic nitrogens is 2. The number of hydrazine groups is 1. The third-order valence-electron chi connectivity index (χ3n) is 3.02. The van der Waals surface area contributed by atoms with Crippen molar-refractivity contribution in [3.8, 4) is 0 Å². The maximum Gasteiger partial charge on any atom is 0.145 e. The van der Waals surface area contributed by atoms with E-state index >= 15 is 0 Å². The van der Waals surface area contributed by atoms with Gasteiger partial charge in [-0.2, -0.15) is 0 Å². The molecule has 1 heterocycles. The largest absolute Gasteiger partial charge is 0.357 e. The molecule has 1 aromatic rings. The minimum absolute atomic E-state index is 0.544. The number of hydrogen-bond donors (Lipinski definition) is 2. The molecule has 5 nitrogen and oxygen atoms in total. The first-order valence-electron chi connectivity index (χ1n) is 6.39. The van der Waals surface area contributed by atoms with Crippen molar-refractivity contribution in [3.05, 3.63) is 11.9 Å². The van der Waals surface area contributed by atoms with Gasteiger partial charge in [-0.3, -0.25) is 0 Å². The Hall–Kier alpha value is -1.36. The number of nitrogens with one attached hydrogen (secondary N) is 1. The van der Waals surface area contributed by atoms with Crippen LogP contribution in [-0.4, -0.2) is 23.1 Å². The van der Waals surface area contributed by atoms with Gasteiger partial charge >= 0.3 is 0 Å². The average Bonchev–Trinajstić information content (AvgIpc) is 3.19. The minimum atomic E-state index is 0.544. The van der Waals surface area contributed by atoms with Gasteiger partial charge in [0.2, 0.25) is 0 Å². The summed E-state index contributed by atoms with van der Waals surface area (Å²) in [6, 6.07) is 1.92. The molecule has 2 rings (SSSR count). The number of nitrogen functional groups attached to an aromatic ring is 1. The molecular formula is C12H21N5. The van der Waals surface area contributed by atoms with E-state index in [0.29, 0.717) is 11.7 Å². The van der Waals surface area contributed by atoms with Crippen LogP contribution in [0.2, 0.25) is 0 Å². The molecule has 94 valence electrons. The Morgan fingerprint density at radius 2 is 2.18 bits per heavy atom. The molecule has 1 aliphatic rings. The Bertz CT molecular complexity index is 375. The quantitative estimate of drug-likeness (QED) is 0.582. The summed E-state index contributed by atoms with van der Waals surface area (Å²) in [6.07, 6.45) is 3.52. The van der Waals surface area contributed by atoms with Crippen molar-refractivity contribution in [1.29, 1.82) is 0 Å². The molecule has 0 bridgehead atoms. The molecule has 0 amide bonds. The zero-order chi connectivity index (χ0) is 12.3. The zero-order valence-corrected chi connectivity index (χ0v) is 10.6. The number of nitrogens with two attached hydrogens (primary N) is 1. The van der Waals surface area contributed by atoms with E-state index in [2.05, 4.69) is 34.1 Å². The molecule has 0 aliphatic heterocycles. The van der Waals surface area contributed by atoms with Crippen LogP contribution in [0.15, 0.2) is 6.07 Å². The maximum absolute atomic E-state index is 5.46. The van der Waals surface area contributed by atoms with Crippen LogP contribution >= 0.6 is 0 Å². The van der Waals surface area contributed by atoms with Gasteiger partial charge in [-0.25, -0.2) is 15.8 Å². The maximum atomic E-state index is 5.46. The summed E-state index contributed by atoms with van der Waals surface area (Å²) < 4.78 is 0. The molecule has 1 saturated carbocycles. The van der Waals surface area contributed by atoms with E-state index in [-0.39, 0.29) is 0 Å². The van der Waals surface area contributed by atoms with Gasteiger partial charge in [-0.15, -0.1) is 0 Å². The summed E-state index contributed by atoms with van der Waals surface area (Å²) in [5.41, 5.74) is 2.63. The summed E-state index contributed by atoms with van der Waals surface area (Å²) in [4.78, 5) is 11.3. The van der Waals surface area contributed by atoms with Crippen molar-refractivity contribution in [3.63, 3.8) is 0 Å². The van der Waals surface area contributed by atoms with E-state index in [1.165, 1.54) is 12.8 Å². The van der Waals surface area contributed by atoms with Crippen LogP contribution in [0.5, 0.6) is 0 Å². The van der Waals surface area contributed by atoms with Crippen LogP contribution in [0.1, 0.15) is 44.9 Å². The third-order valence-corrected chi connectivity index (χ3v) is 3.02. The van der Waals surface area contributed by atoms with Crippen LogP contribution < -0.4 is 16.2 Å². The molecule has 3 N–H and O–H groups in total. The summed E-state index contributed by atoms with van der Waals surface area (Å²) in [6.45, 7) is 6.29. The van der Waals surface area contributed by atoms with E-state index in [9.17, 15) is 0 Å². The number of rotatable bonds is 6. The highest BCUT2D eigenvalue weighted by Gasteiger charge is 2.27. The van der Waals surface area contributed by atoms with Gasteiger partial charge in [0, 0.05) is 25.1 Å². The zero-order valence-electron chi connectivity index (χ0n) is 10.6. The molecule has 0 aromatic carbocycles. The monoisotopic (exact) mass is 235 g/mol. The molecule has 0 saturated heterocycles. The minimum Gasteiger partial charge on any atom is -0.357 e. The average molecular weight is 235 g/mol. The second-order valence-electron chi connectivity index (χ2n) is 4.47. The summed E-state index contributed by atoms with van der Waals surface area (Å²) in [7, 11) is 0. The van der Waals surface area contributed by atoms with E-state index in [1.54, 1.807) is 0 Å². The van der Waals surface area contributed by atoms with Crippen molar-refractivity contribution in [2.75, 3.05) is 23.4 Å². The fourth-order valence-corrected chi connectivity index (χ4v) is 1.92. The summed E-state index contributed by atoms with van der Waals surface area (Å²) >= 11 is 0. The highest BCUT2D eigenvalue weighted by molar-refractivity contribution is 5.49. The van der Waals surface area contributed by atoms with E-state index in [0.717, 1.165) is 31.2 Å². The molecule has 0 atom stereocenters. The molecule has 1 aromatic heterocycles. The second kappa shape index (κ2) is 5.31. The molecule has 1 fully saturated rings. The van der Waals surface area contributed by atoms with Crippen LogP contribution in [-0.2, 0) is 0 Å². The molecule has 0 radical (unpaired) electrons. The second-order valence-corrected chi connectivity index (χ2v) is 4.47. The van der Waals surface area contributed by atoms with E-state index in [1.807, 2.05) is 6.07 Å². The normalized spacial score (nSPS) is 14.8. The molecular weight excluding hydrogens is 214 g/mol. The lowest BCUT2D eigenvalue weighted by Gasteiger charge is -2.22. The third kappa shape index (κ3) is 2.85. The van der Waals surface area contributed by atoms with Gasteiger partial charge < -0.3 is 10.3 Å². The van der Waals surface area contributed by atoms with Crippen LogP contribution in [0.4, 0.5) is 11.6 Å². The van der Waals surface area contributed by atoms with E-state index < -0.39 is 0 Å². The molecule has 17 heavy (non-hydrogen) atoms. The van der Waals surface area contributed by atoms with Crippen molar-refractivity contribution in [2.24, 2.45) is 5.84 Å². The lowest BCUT2D eigenvalue weighted by molar-refractivity contribution is 0.767. The molecule has 0 spiro atoms. The first kappa shape index (κ1) is 12.1. The lowest BCUT2D eigenvalue weighted by Crippen LogP contribution is -2.25. The van der Waals surface area contributed by atoms with Gasteiger partial charge in [0.05, 0.1) is 0 Å². The Labute approximate surface area is 102 Å².